The maximum absolute atomic E-state index is 13.5. The van der Waals surface area contributed by atoms with Crippen molar-refractivity contribution >= 4 is 71.0 Å². The molecule has 33 heteroatoms. The molecule has 2 heterocycles. The largest absolute Gasteiger partial charge is 2.00 e. The number of hydrogen-bond acceptors (Lipinski definition) is 20. The van der Waals surface area contributed by atoms with Crippen LogP contribution in [-0.4, -0.2) is 178 Å². The van der Waals surface area contributed by atoms with Gasteiger partial charge in [0.1, 0.15) is 36.3 Å². The van der Waals surface area contributed by atoms with E-state index in [1.54, 1.807) is 116 Å². The summed E-state index contributed by atoms with van der Waals surface area (Å²) in [6.07, 6.45) is 9.48. The molecule has 2 aromatic heterocycles. The zero-order valence-electron chi connectivity index (χ0n) is 57.3. The molecule has 1 radical (unpaired) electrons. The van der Waals surface area contributed by atoms with Crippen molar-refractivity contribution in [3.8, 4) is 0 Å². The molecule has 0 aliphatic carbocycles. The zero-order valence-corrected chi connectivity index (χ0v) is 58.2. The van der Waals surface area contributed by atoms with Gasteiger partial charge < -0.3 is 106 Å². The molecule has 0 fully saturated rings. The van der Waals surface area contributed by atoms with E-state index in [-0.39, 0.29) is 42.8 Å². The summed E-state index contributed by atoms with van der Waals surface area (Å²) in [5, 5.41) is 48.9. The molecule has 20 N–H and O–H groups in total. The molecular formula is C66H100CuN18O14. The molecule has 0 aliphatic rings. The summed E-state index contributed by atoms with van der Waals surface area (Å²) in [5.74, 6) is -11.4. The summed E-state index contributed by atoms with van der Waals surface area (Å²) in [7, 11) is 0. The second-order valence-corrected chi connectivity index (χ2v) is 25.1. The molecule has 10 amide bonds. The molecule has 10 atom stereocenters. The predicted octanol–water partition coefficient (Wildman–Crippen LogP) is -4.47. The molecule has 0 saturated carbocycles. The van der Waals surface area contributed by atoms with E-state index in [4.69, 9.17) is 22.9 Å². The van der Waals surface area contributed by atoms with Crippen molar-refractivity contribution in [1.29, 1.82) is 0 Å². The van der Waals surface area contributed by atoms with Crippen LogP contribution in [0, 0.1) is 23.7 Å². The Kier molecular flexibility index (Phi) is 39.5. The molecule has 0 unspecified atom stereocenters. The Balaban J connectivity index is 0.000000667. The van der Waals surface area contributed by atoms with E-state index in [1.165, 1.54) is 25.0 Å². The van der Waals surface area contributed by atoms with Gasteiger partial charge in [-0.15, -0.1) is 0 Å². The van der Waals surface area contributed by atoms with Gasteiger partial charge in [0.25, 0.3) is 0 Å². The van der Waals surface area contributed by atoms with E-state index in [1.807, 2.05) is 0 Å². The fourth-order valence-corrected chi connectivity index (χ4v) is 9.73. The second kappa shape index (κ2) is 45.4. The molecule has 4 rings (SSSR count). The van der Waals surface area contributed by atoms with E-state index in [2.05, 4.69) is 73.1 Å². The van der Waals surface area contributed by atoms with Gasteiger partial charge in [-0.05, 0) is 73.6 Å². The maximum Gasteiger partial charge on any atom is 2.00 e. The first-order valence-corrected chi connectivity index (χ1v) is 32.8. The molecule has 0 spiro atoms. The number of hydrogen-bond donors (Lipinski definition) is 16. The molecule has 2 aromatic carbocycles. The average Bonchev–Trinajstić information content (AvgIpc) is 1.92. The van der Waals surface area contributed by atoms with Crippen LogP contribution in [0.4, 0.5) is 0 Å². The SMILES string of the molecule is CC(C)[C@H](NC(=O)[C@H](Cc1ccccc1)NC(=O)[C@@H](NC(=O)CNC(=O)[C@H](Cc1cnc[nH]1)NC(=O)[C@@H](N)CCCCN)C(C)C)C(=O)[O-].CC(C)[C@H](NC(=O)[C@H](Cc1ccccc1)NC(=O)[C@@H](NC(=O)CNC(=O)[C@H](Cc1cnc[nH]1)NC(=O)[C@@H](N)CCCCN)C(C)C)C(=O)[O-].[Cu+2]. The number of nitrogens with zero attached hydrogens (tertiary/aromatic N) is 2. The van der Waals surface area contributed by atoms with Gasteiger partial charge in [0, 0.05) is 49.5 Å². The number of amides is 10. The summed E-state index contributed by atoms with van der Waals surface area (Å²) < 4.78 is 0. The predicted molar refractivity (Wildman–Crippen MR) is 357 cm³/mol. The van der Waals surface area contributed by atoms with E-state index in [9.17, 15) is 67.7 Å². The minimum atomic E-state index is -1.46. The molecule has 549 valence electrons. The fourth-order valence-electron chi connectivity index (χ4n) is 9.73. The minimum Gasteiger partial charge on any atom is -0.548 e. The van der Waals surface area contributed by atoms with Gasteiger partial charge in [0.2, 0.25) is 59.1 Å². The van der Waals surface area contributed by atoms with E-state index in [0.717, 1.165) is 0 Å². The Morgan fingerprint density at radius 3 is 1.00 bits per heavy atom. The smallest absolute Gasteiger partial charge is 0.548 e. The number of aliphatic carboxylic acids is 2. The van der Waals surface area contributed by atoms with Crippen LogP contribution in [-0.2, 0) is 100 Å². The summed E-state index contributed by atoms with van der Waals surface area (Å²) in [6.45, 7) is 13.1. The van der Waals surface area contributed by atoms with Crippen molar-refractivity contribution in [1.82, 2.24) is 73.1 Å². The number of nitrogens with two attached hydrogens (primary N) is 4. The first-order chi connectivity index (χ1) is 46.5. The topological polar surface area (TPSA) is 533 Å². The third-order valence-electron chi connectivity index (χ3n) is 15.5. The summed E-state index contributed by atoms with van der Waals surface area (Å²) in [4.78, 5) is 168. The van der Waals surface area contributed by atoms with Crippen molar-refractivity contribution in [3.63, 3.8) is 0 Å². The summed E-state index contributed by atoms with van der Waals surface area (Å²) >= 11 is 0. The standard InChI is InChI=1S/2C33H51N9O7.Cu/c2*1-19(2)27(32(47)40-24(14-21-10-6-5-7-11-21)31(46)42-28(20(3)4)33(48)49)41-26(43)17-37-30(45)25(15-22-16-36-18-38-22)39-29(44)23(35)12-8-9-13-34;/h2*5-7,10-11,16,18-20,23-25,27-28H,8-9,12-15,17,34-35H2,1-4H3,(H,36,38)(H,37,45)(H,39,44)(H,40,47)(H,41,43)(H,42,46)(H,48,49);/q;;+2/p-2/t2*23-,24-,25-,27-,28-;/m00./s1. The summed E-state index contributed by atoms with van der Waals surface area (Å²) in [5.41, 5.74) is 25.6. The molecule has 32 nitrogen and oxygen atoms in total. The number of carboxylic acid groups (broad SMARTS) is 2. The average molecular weight is 1430 g/mol. The van der Waals surface area contributed by atoms with E-state index < -0.39 is 168 Å². The third kappa shape index (κ3) is 31.9. The molecular weight excluding hydrogens is 1330 g/mol. The molecule has 4 aromatic rings. The Labute approximate surface area is 587 Å². The van der Waals surface area contributed by atoms with Crippen molar-refractivity contribution in [2.45, 2.75) is 180 Å². The van der Waals surface area contributed by atoms with Gasteiger partial charge in [-0.2, -0.15) is 0 Å². The van der Waals surface area contributed by atoms with E-state index in [0.29, 0.717) is 74.1 Å². The van der Waals surface area contributed by atoms with Gasteiger partial charge >= 0.3 is 17.1 Å². The quantitative estimate of drug-likeness (QED) is 0.0147. The monoisotopic (exact) mass is 1430 g/mol. The van der Waals surface area contributed by atoms with Crippen LogP contribution in [0.15, 0.2) is 85.7 Å². The number of carbonyl (C=O) groups excluding carboxylic acids is 12. The number of H-pyrrole nitrogens is 2. The van der Waals surface area contributed by atoms with Crippen LogP contribution < -0.4 is 86.3 Å². The number of carbonyl (C=O) groups is 12. The van der Waals surface area contributed by atoms with Crippen molar-refractivity contribution in [2.75, 3.05) is 26.2 Å². The van der Waals surface area contributed by atoms with Gasteiger partial charge in [-0.3, -0.25) is 47.9 Å². The van der Waals surface area contributed by atoms with Crippen LogP contribution in [0.5, 0.6) is 0 Å². The van der Waals surface area contributed by atoms with Gasteiger partial charge in [-0.25, -0.2) is 9.97 Å². The molecule has 99 heavy (non-hydrogen) atoms. The third-order valence-corrected chi connectivity index (χ3v) is 15.5. The molecule has 0 saturated heterocycles. The number of aromatic amines is 2. The number of nitrogens with one attached hydrogen (secondary N) is 12. The number of rotatable bonds is 42. The van der Waals surface area contributed by atoms with E-state index >= 15 is 0 Å². The summed E-state index contributed by atoms with van der Waals surface area (Å²) in [6, 6.07) is 6.59. The normalized spacial score (nSPS) is 14.1. The molecule has 0 bridgehead atoms. The number of imidazole rings is 2. The minimum absolute atomic E-state index is 0. The van der Waals surface area contributed by atoms with Crippen LogP contribution in [0.3, 0.4) is 0 Å². The van der Waals surface area contributed by atoms with Crippen LogP contribution in [0.1, 0.15) is 116 Å². The fraction of sp³-hybridized carbons (Fsp3) is 0.545. The van der Waals surface area contributed by atoms with Crippen molar-refractivity contribution in [2.24, 2.45) is 46.6 Å². The van der Waals surface area contributed by atoms with Crippen molar-refractivity contribution in [3.05, 3.63) is 108 Å². The Hall–Kier alpha value is -9.14. The van der Waals surface area contributed by atoms with Gasteiger partial charge in [0.15, 0.2) is 0 Å². The first kappa shape index (κ1) is 85.9. The zero-order chi connectivity index (χ0) is 73.0. The van der Waals surface area contributed by atoms with Gasteiger partial charge in [-0.1, -0.05) is 129 Å². The number of carboxylic acids is 2. The van der Waals surface area contributed by atoms with Crippen LogP contribution >= 0.6 is 0 Å². The second-order valence-electron chi connectivity index (χ2n) is 25.1. The van der Waals surface area contributed by atoms with Crippen LogP contribution in [0.25, 0.3) is 0 Å². The number of aromatic nitrogens is 4. The number of benzene rings is 2. The van der Waals surface area contributed by atoms with Crippen LogP contribution in [0.2, 0.25) is 0 Å². The first-order valence-electron chi connectivity index (χ1n) is 32.8. The Bertz CT molecular complexity index is 2960. The maximum atomic E-state index is 13.5. The van der Waals surface area contributed by atoms with Crippen molar-refractivity contribution < 1.29 is 84.8 Å². The Morgan fingerprint density at radius 1 is 0.404 bits per heavy atom. The van der Waals surface area contributed by atoms with Gasteiger partial charge in [0.05, 0.1) is 61.9 Å². The number of unbranched alkanes of at least 4 members (excludes halogenated alkanes) is 2. The molecule has 0 aliphatic heterocycles. The Morgan fingerprint density at radius 2 is 0.717 bits per heavy atom.